The van der Waals surface area contributed by atoms with Crippen LogP contribution in [-0.4, -0.2) is 19.8 Å². The molecule has 1 heterocycles. The quantitative estimate of drug-likeness (QED) is 0.739. The van der Waals surface area contributed by atoms with Gasteiger partial charge in [-0.15, -0.1) is 0 Å². The summed E-state index contributed by atoms with van der Waals surface area (Å²) in [5.41, 5.74) is 6.05. The predicted molar refractivity (Wildman–Crippen MR) is 101 cm³/mol. The molecule has 1 aliphatic heterocycles. The Balaban J connectivity index is 0.00000127. The standard InChI is InChI=1S/C18H21N3.C2H6/c1-13(2)20-8-7-14(3)17-10-15-6-5-9-21(4)18(15)11-16(17)12-19;1-2/h7-8,10-11H,1,5-6,9H2,2-4H3;1-2H3/b14-7+,20-8?;. The number of hydrogen-bond acceptors (Lipinski definition) is 3. The Morgan fingerprint density at radius 3 is 2.65 bits per heavy atom. The fourth-order valence-corrected chi connectivity index (χ4v) is 2.60. The van der Waals surface area contributed by atoms with Gasteiger partial charge in [0.15, 0.2) is 0 Å². The largest absolute Gasteiger partial charge is 0.374 e. The molecule has 23 heavy (non-hydrogen) atoms. The minimum atomic E-state index is 0.722. The maximum Gasteiger partial charge on any atom is 0.0998 e. The number of allylic oxidation sites excluding steroid dienone is 3. The third-order valence-electron chi connectivity index (χ3n) is 3.73. The minimum Gasteiger partial charge on any atom is -0.374 e. The zero-order valence-electron chi connectivity index (χ0n) is 15.0. The minimum absolute atomic E-state index is 0.722. The van der Waals surface area contributed by atoms with Crippen molar-refractivity contribution in [2.45, 2.75) is 40.5 Å². The number of nitriles is 1. The lowest BCUT2D eigenvalue weighted by atomic mass is 9.93. The van der Waals surface area contributed by atoms with Crippen LogP contribution in [-0.2, 0) is 6.42 Å². The van der Waals surface area contributed by atoms with Gasteiger partial charge < -0.3 is 4.90 Å². The van der Waals surface area contributed by atoms with E-state index in [1.165, 1.54) is 11.3 Å². The molecule has 0 spiro atoms. The molecule has 0 aromatic heterocycles. The van der Waals surface area contributed by atoms with Crippen molar-refractivity contribution in [2.75, 3.05) is 18.5 Å². The lowest BCUT2D eigenvalue weighted by Gasteiger charge is -2.28. The summed E-state index contributed by atoms with van der Waals surface area (Å²) in [5, 5.41) is 9.43. The Morgan fingerprint density at radius 2 is 2.04 bits per heavy atom. The van der Waals surface area contributed by atoms with Gasteiger partial charge in [-0.2, -0.15) is 5.26 Å². The molecule has 3 heteroatoms. The monoisotopic (exact) mass is 309 g/mol. The van der Waals surface area contributed by atoms with Gasteiger partial charge in [0.05, 0.1) is 11.6 Å². The van der Waals surface area contributed by atoms with Crippen molar-refractivity contribution in [3.63, 3.8) is 0 Å². The number of fused-ring (bicyclic) bond motifs is 1. The van der Waals surface area contributed by atoms with Crippen LogP contribution in [0, 0.1) is 11.3 Å². The fraction of sp³-hybridized carbons (Fsp3) is 0.400. The van der Waals surface area contributed by atoms with Crippen LogP contribution in [0.1, 0.15) is 50.8 Å². The highest BCUT2D eigenvalue weighted by Gasteiger charge is 2.17. The van der Waals surface area contributed by atoms with Gasteiger partial charge in [-0.3, -0.25) is 4.99 Å². The second-order valence-electron chi connectivity index (χ2n) is 5.53. The van der Waals surface area contributed by atoms with Gasteiger partial charge in [-0.25, -0.2) is 0 Å². The zero-order valence-corrected chi connectivity index (χ0v) is 15.0. The Bertz CT molecular complexity index is 660. The van der Waals surface area contributed by atoms with E-state index in [2.05, 4.69) is 35.7 Å². The number of anilines is 1. The molecule has 0 bridgehead atoms. The average molecular weight is 309 g/mol. The van der Waals surface area contributed by atoms with Crippen LogP contribution >= 0.6 is 0 Å². The molecule has 0 fully saturated rings. The summed E-state index contributed by atoms with van der Waals surface area (Å²) in [6, 6.07) is 6.48. The van der Waals surface area contributed by atoms with Crippen LogP contribution in [0.15, 0.2) is 35.5 Å². The first-order chi connectivity index (χ1) is 11.0. The van der Waals surface area contributed by atoms with Gasteiger partial charge in [-0.1, -0.05) is 20.4 Å². The second-order valence-corrected chi connectivity index (χ2v) is 5.53. The van der Waals surface area contributed by atoms with Crippen molar-refractivity contribution < 1.29 is 0 Å². The van der Waals surface area contributed by atoms with Crippen molar-refractivity contribution in [3.8, 4) is 6.07 Å². The first kappa shape index (κ1) is 18.7. The van der Waals surface area contributed by atoms with Gasteiger partial charge in [0.2, 0.25) is 0 Å². The smallest absolute Gasteiger partial charge is 0.0998 e. The molecule has 0 radical (unpaired) electrons. The summed E-state index contributed by atoms with van der Waals surface area (Å²) in [7, 11) is 2.08. The lowest BCUT2D eigenvalue weighted by Crippen LogP contribution is -2.24. The van der Waals surface area contributed by atoms with Gasteiger partial charge in [-0.05, 0) is 61.6 Å². The van der Waals surface area contributed by atoms with Crippen molar-refractivity contribution >= 4 is 17.5 Å². The molecular formula is C20H27N3. The van der Waals surface area contributed by atoms with Crippen molar-refractivity contribution in [1.29, 1.82) is 5.26 Å². The van der Waals surface area contributed by atoms with E-state index in [1.54, 1.807) is 6.21 Å². The zero-order chi connectivity index (χ0) is 17.4. The molecule has 0 amide bonds. The fourth-order valence-electron chi connectivity index (χ4n) is 2.60. The maximum atomic E-state index is 9.43. The van der Waals surface area contributed by atoms with Gasteiger partial charge in [0.25, 0.3) is 0 Å². The van der Waals surface area contributed by atoms with Gasteiger partial charge in [0, 0.05) is 31.2 Å². The molecule has 122 valence electrons. The third-order valence-corrected chi connectivity index (χ3v) is 3.73. The molecule has 0 saturated carbocycles. The summed E-state index contributed by atoms with van der Waals surface area (Å²) in [6.45, 7) is 12.7. The van der Waals surface area contributed by atoms with Crippen LogP contribution in [0.4, 0.5) is 5.69 Å². The molecule has 0 atom stereocenters. The Hall–Kier alpha value is -2.34. The van der Waals surface area contributed by atoms with Gasteiger partial charge in [0.1, 0.15) is 0 Å². The Morgan fingerprint density at radius 1 is 1.35 bits per heavy atom. The first-order valence-corrected chi connectivity index (χ1v) is 8.18. The van der Waals surface area contributed by atoms with Crippen LogP contribution in [0.25, 0.3) is 5.57 Å². The molecule has 3 nitrogen and oxygen atoms in total. The highest BCUT2D eigenvalue weighted by Crippen LogP contribution is 2.31. The summed E-state index contributed by atoms with van der Waals surface area (Å²) >= 11 is 0. The van der Waals surface area contributed by atoms with E-state index >= 15 is 0 Å². The molecule has 0 unspecified atom stereocenters. The van der Waals surface area contributed by atoms with Crippen molar-refractivity contribution in [2.24, 2.45) is 4.99 Å². The SMILES string of the molecule is C=C(C)N=C/C=C(\C)c1cc2c(cc1C#N)N(C)CCC2.CC. The number of rotatable bonds is 3. The summed E-state index contributed by atoms with van der Waals surface area (Å²) < 4.78 is 0. The van der Waals surface area contributed by atoms with E-state index in [0.29, 0.717) is 0 Å². The number of hydrogen-bond donors (Lipinski definition) is 0. The van der Waals surface area contributed by atoms with Crippen LogP contribution in [0.3, 0.4) is 0 Å². The highest BCUT2D eigenvalue weighted by molar-refractivity contribution is 5.86. The molecule has 1 aromatic carbocycles. The molecule has 0 N–H and O–H groups in total. The molecule has 2 rings (SSSR count). The van der Waals surface area contributed by atoms with E-state index in [0.717, 1.165) is 41.8 Å². The van der Waals surface area contributed by atoms with E-state index in [-0.39, 0.29) is 0 Å². The first-order valence-electron chi connectivity index (χ1n) is 8.18. The average Bonchev–Trinajstić information content (AvgIpc) is 2.55. The summed E-state index contributed by atoms with van der Waals surface area (Å²) in [6.07, 6.45) is 5.91. The highest BCUT2D eigenvalue weighted by atomic mass is 15.1. The Labute approximate surface area is 140 Å². The molecule has 1 aliphatic rings. The predicted octanol–water partition coefficient (Wildman–Crippen LogP) is 4.97. The number of aliphatic imine (C=N–C) groups is 1. The molecule has 0 saturated heterocycles. The second kappa shape index (κ2) is 8.95. The number of benzene rings is 1. The van der Waals surface area contributed by atoms with E-state index in [9.17, 15) is 5.26 Å². The summed E-state index contributed by atoms with van der Waals surface area (Å²) in [4.78, 5) is 6.39. The van der Waals surface area contributed by atoms with Crippen molar-refractivity contribution in [3.05, 3.63) is 47.2 Å². The molecule has 0 aliphatic carbocycles. The molecule has 1 aromatic rings. The normalized spacial score (nSPS) is 13.9. The maximum absolute atomic E-state index is 9.43. The summed E-state index contributed by atoms with van der Waals surface area (Å²) in [5.74, 6) is 0. The Kier molecular flexibility index (Phi) is 7.28. The van der Waals surface area contributed by atoms with Crippen LogP contribution in [0.2, 0.25) is 0 Å². The third kappa shape index (κ3) is 4.82. The van der Waals surface area contributed by atoms with Crippen molar-refractivity contribution in [1.82, 2.24) is 0 Å². The number of nitrogens with zero attached hydrogens (tertiary/aromatic N) is 3. The van der Waals surface area contributed by atoms with E-state index < -0.39 is 0 Å². The van der Waals surface area contributed by atoms with E-state index in [4.69, 9.17) is 0 Å². The number of aryl methyl sites for hydroxylation is 1. The molecular weight excluding hydrogens is 282 g/mol. The van der Waals surface area contributed by atoms with Crippen LogP contribution in [0.5, 0.6) is 0 Å². The van der Waals surface area contributed by atoms with E-state index in [1.807, 2.05) is 39.8 Å². The van der Waals surface area contributed by atoms with Crippen LogP contribution < -0.4 is 4.90 Å². The topological polar surface area (TPSA) is 39.4 Å². The lowest BCUT2D eigenvalue weighted by molar-refractivity contribution is 0.744. The van der Waals surface area contributed by atoms with Gasteiger partial charge >= 0.3 is 0 Å².